The highest BCUT2D eigenvalue weighted by molar-refractivity contribution is 5.94. The molecule has 0 fully saturated rings. The van der Waals surface area contributed by atoms with Crippen LogP contribution in [-0.2, 0) is 0 Å². The highest BCUT2D eigenvalue weighted by Gasteiger charge is 2.11. The molecule has 0 atom stereocenters. The number of allylic oxidation sites excluding steroid dienone is 5. The first-order valence-corrected chi connectivity index (χ1v) is 7.53. The summed E-state index contributed by atoms with van der Waals surface area (Å²) in [6.45, 7) is 7.67. The third-order valence-corrected chi connectivity index (χ3v) is 3.22. The molecule has 1 aromatic carbocycles. The second-order valence-electron chi connectivity index (χ2n) is 4.88. The van der Waals surface area contributed by atoms with E-state index in [4.69, 9.17) is 0 Å². The molecule has 2 N–H and O–H groups in total. The maximum Gasteiger partial charge on any atom is 0.265 e. The summed E-state index contributed by atoms with van der Waals surface area (Å²) in [6.07, 6.45) is 4.29. The van der Waals surface area contributed by atoms with Crippen molar-refractivity contribution in [2.45, 2.75) is 26.7 Å². The number of hydrogen-bond acceptors (Lipinski definition) is 2. The van der Waals surface area contributed by atoms with Crippen molar-refractivity contribution in [3.8, 4) is 0 Å². The van der Waals surface area contributed by atoms with Crippen LogP contribution in [0.1, 0.15) is 42.6 Å². The molecule has 0 spiro atoms. The van der Waals surface area contributed by atoms with Gasteiger partial charge in [0.1, 0.15) is 0 Å². The molecule has 0 heterocycles. The molecule has 124 valence electrons. The number of unbranched alkanes of at least 4 members (excludes halogenated alkanes) is 1. The van der Waals surface area contributed by atoms with E-state index in [9.17, 15) is 13.6 Å². The topological polar surface area (TPSA) is 41.1 Å². The first-order chi connectivity index (χ1) is 11.0. The zero-order valence-electron chi connectivity index (χ0n) is 13.5. The van der Waals surface area contributed by atoms with E-state index in [-0.39, 0.29) is 11.5 Å². The summed E-state index contributed by atoms with van der Waals surface area (Å²) in [5.74, 6) is -2.19. The normalized spacial score (nSPS) is 12.6. The zero-order valence-corrected chi connectivity index (χ0v) is 13.5. The van der Waals surface area contributed by atoms with Crippen LogP contribution >= 0.6 is 0 Å². The Bertz CT molecular complexity index is 604. The molecule has 3 nitrogen and oxygen atoms in total. The predicted molar refractivity (Wildman–Crippen MR) is 89.9 cm³/mol. The maximum atomic E-state index is 13.9. The summed E-state index contributed by atoms with van der Waals surface area (Å²) in [5.41, 5.74) is 6.34. The van der Waals surface area contributed by atoms with Crippen LogP contribution in [0.5, 0.6) is 0 Å². The van der Waals surface area contributed by atoms with Gasteiger partial charge >= 0.3 is 0 Å². The number of benzene rings is 1. The quantitative estimate of drug-likeness (QED) is 0.422. The summed E-state index contributed by atoms with van der Waals surface area (Å²) in [5, 5.41) is 0. The third kappa shape index (κ3) is 5.45. The highest BCUT2D eigenvalue weighted by atomic mass is 19.2. The summed E-state index contributed by atoms with van der Waals surface area (Å²) in [7, 11) is 0. The van der Waals surface area contributed by atoms with Crippen molar-refractivity contribution in [2.75, 3.05) is 6.54 Å². The average Bonchev–Trinajstić information content (AvgIpc) is 2.58. The lowest BCUT2D eigenvalue weighted by atomic mass is 10.0. The first-order valence-electron chi connectivity index (χ1n) is 7.53. The van der Waals surface area contributed by atoms with Crippen molar-refractivity contribution in [1.82, 2.24) is 10.9 Å². The summed E-state index contributed by atoms with van der Waals surface area (Å²) < 4.78 is 27.3. The molecule has 5 heteroatoms. The van der Waals surface area contributed by atoms with E-state index in [2.05, 4.69) is 24.4 Å². The molecule has 1 aromatic rings. The van der Waals surface area contributed by atoms with Crippen molar-refractivity contribution < 1.29 is 13.6 Å². The molecule has 0 aromatic heterocycles. The number of amides is 1. The Morgan fingerprint density at radius 2 is 1.83 bits per heavy atom. The second-order valence-corrected chi connectivity index (χ2v) is 4.88. The minimum absolute atomic E-state index is 0.0497. The van der Waals surface area contributed by atoms with Gasteiger partial charge in [-0.1, -0.05) is 38.1 Å². The van der Waals surface area contributed by atoms with E-state index < -0.39 is 11.7 Å². The standard InChI is InChI=1S/C18H22F2N2O/c1-4-7-12-21-22-18(23)14-10-8-13(9-11-14)15(5-2)17(20)16(19)6-3/h5-6,8-11,21H,2,4,7,12H2,1,3H3,(H,22,23)/b16-6+,17-15-. The SMILES string of the molecule is C=C/C(=C(F)\C(F)=C/C)c1ccc(C(=O)NNCCCC)cc1. The van der Waals surface area contributed by atoms with Gasteiger partial charge in [-0.15, -0.1) is 0 Å². The van der Waals surface area contributed by atoms with Crippen LogP contribution in [0.3, 0.4) is 0 Å². The molecule has 0 aliphatic carbocycles. The van der Waals surface area contributed by atoms with Crippen LogP contribution in [0, 0.1) is 0 Å². The number of rotatable bonds is 8. The number of carbonyl (C=O) groups excluding carboxylic acids is 1. The van der Waals surface area contributed by atoms with Gasteiger partial charge in [-0.25, -0.2) is 14.2 Å². The maximum absolute atomic E-state index is 13.9. The monoisotopic (exact) mass is 320 g/mol. The van der Waals surface area contributed by atoms with Gasteiger partial charge in [-0.2, -0.15) is 0 Å². The van der Waals surface area contributed by atoms with Crippen LogP contribution in [-0.4, -0.2) is 12.5 Å². The number of nitrogens with one attached hydrogen (secondary N) is 2. The Morgan fingerprint density at radius 3 is 2.35 bits per heavy atom. The Balaban J connectivity index is 2.87. The summed E-state index contributed by atoms with van der Waals surface area (Å²) in [4.78, 5) is 11.9. The molecule has 0 aliphatic rings. The molecule has 1 rings (SSSR count). The molecule has 0 radical (unpaired) electrons. The molecule has 0 bridgehead atoms. The van der Waals surface area contributed by atoms with Crippen molar-refractivity contribution in [3.63, 3.8) is 0 Å². The van der Waals surface area contributed by atoms with Gasteiger partial charge in [-0.3, -0.25) is 10.2 Å². The fourth-order valence-corrected chi connectivity index (χ4v) is 1.87. The Kier molecular flexibility index (Phi) is 7.91. The van der Waals surface area contributed by atoms with Crippen LogP contribution in [0.4, 0.5) is 8.78 Å². The van der Waals surface area contributed by atoms with E-state index in [0.29, 0.717) is 17.7 Å². The van der Waals surface area contributed by atoms with Crippen LogP contribution < -0.4 is 10.9 Å². The van der Waals surface area contributed by atoms with E-state index >= 15 is 0 Å². The third-order valence-electron chi connectivity index (χ3n) is 3.22. The van der Waals surface area contributed by atoms with Crippen LogP contribution in [0.15, 0.2) is 54.7 Å². The molecule has 0 aliphatic heterocycles. The molecule has 0 saturated heterocycles. The van der Waals surface area contributed by atoms with Crippen molar-refractivity contribution in [3.05, 3.63) is 65.8 Å². The lowest BCUT2D eigenvalue weighted by Crippen LogP contribution is -2.37. The Labute approximate surface area is 135 Å². The van der Waals surface area contributed by atoms with Gasteiger partial charge in [0.2, 0.25) is 0 Å². The van der Waals surface area contributed by atoms with Gasteiger partial charge in [0, 0.05) is 17.7 Å². The van der Waals surface area contributed by atoms with Crippen molar-refractivity contribution in [1.29, 1.82) is 0 Å². The van der Waals surface area contributed by atoms with E-state index in [1.807, 2.05) is 0 Å². The fourth-order valence-electron chi connectivity index (χ4n) is 1.87. The van der Waals surface area contributed by atoms with Gasteiger partial charge in [-0.05, 0) is 37.1 Å². The number of hydrogen-bond donors (Lipinski definition) is 2. The number of carbonyl (C=O) groups is 1. The van der Waals surface area contributed by atoms with Crippen LogP contribution in [0.25, 0.3) is 5.57 Å². The molecule has 0 saturated carbocycles. The Hall–Kier alpha value is -2.27. The van der Waals surface area contributed by atoms with Crippen molar-refractivity contribution in [2.24, 2.45) is 0 Å². The predicted octanol–water partition coefficient (Wildman–Crippen LogP) is 4.46. The summed E-state index contributed by atoms with van der Waals surface area (Å²) in [6, 6.07) is 6.22. The van der Waals surface area contributed by atoms with Gasteiger partial charge in [0.15, 0.2) is 11.7 Å². The number of hydrazine groups is 1. The first kappa shape index (κ1) is 18.8. The minimum atomic E-state index is -0.971. The van der Waals surface area contributed by atoms with Gasteiger partial charge in [0.05, 0.1) is 0 Å². The molecule has 23 heavy (non-hydrogen) atoms. The summed E-state index contributed by atoms with van der Waals surface area (Å²) >= 11 is 0. The molecule has 1 amide bonds. The minimum Gasteiger partial charge on any atom is -0.287 e. The number of halogens is 2. The molecule has 0 unspecified atom stereocenters. The van der Waals surface area contributed by atoms with Crippen molar-refractivity contribution >= 4 is 11.5 Å². The second kappa shape index (κ2) is 9.69. The fraction of sp³-hybridized carbons (Fsp3) is 0.278. The van der Waals surface area contributed by atoms with E-state index in [1.165, 1.54) is 13.0 Å². The Morgan fingerprint density at radius 1 is 1.22 bits per heavy atom. The molecular weight excluding hydrogens is 298 g/mol. The smallest absolute Gasteiger partial charge is 0.265 e. The average molecular weight is 320 g/mol. The van der Waals surface area contributed by atoms with Gasteiger partial charge in [0.25, 0.3) is 5.91 Å². The highest BCUT2D eigenvalue weighted by Crippen LogP contribution is 2.26. The lowest BCUT2D eigenvalue weighted by molar-refractivity contribution is 0.0933. The van der Waals surface area contributed by atoms with E-state index in [1.54, 1.807) is 24.3 Å². The van der Waals surface area contributed by atoms with E-state index in [0.717, 1.165) is 18.9 Å². The van der Waals surface area contributed by atoms with Crippen LogP contribution in [0.2, 0.25) is 0 Å². The lowest BCUT2D eigenvalue weighted by Gasteiger charge is -2.08. The molecular formula is C18H22F2N2O. The van der Waals surface area contributed by atoms with Gasteiger partial charge < -0.3 is 0 Å². The largest absolute Gasteiger partial charge is 0.287 e. The zero-order chi connectivity index (χ0) is 17.2.